The third kappa shape index (κ3) is 5.87. The van der Waals surface area contributed by atoms with Crippen LogP contribution in [0.15, 0.2) is 76.1 Å². The van der Waals surface area contributed by atoms with Crippen molar-refractivity contribution in [1.82, 2.24) is 4.90 Å². The van der Waals surface area contributed by atoms with E-state index in [1.165, 1.54) is 4.90 Å². The number of esters is 1. The minimum atomic E-state index is -0.560. The topological polar surface area (TPSA) is 63.7 Å². The quantitative estimate of drug-likeness (QED) is 0.127. The molecule has 0 atom stereocenters. The van der Waals surface area contributed by atoms with E-state index in [4.69, 9.17) is 16.3 Å². The monoisotopic (exact) mass is 653 g/mol. The van der Waals surface area contributed by atoms with Crippen LogP contribution < -0.4 is 4.74 Å². The minimum Gasteiger partial charge on any atom is -0.422 e. The lowest BCUT2D eigenvalue weighted by atomic mass is 10.1. The van der Waals surface area contributed by atoms with Crippen LogP contribution in [0.25, 0.3) is 6.08 Å². The van der Waals surface area contributed by atoms with Crippen molar-refractivity contribution in [2.45, 2.75) is 6.54 Å². The number of rotatable bonds is 5. The van der Waals surface area contributed by atoms with Gasteiger partial charge in [-0.1, -0.05) is 39.7 Å². The Hall–Kier alpha value is -2.14. The molecule has 33 heavy (non-hydrogen) atoms. The average molecular weight is 655 g/mol. The van der Waals surface area contributed by atoms with Gasteiger partial charge in [-0.2, -0.15) is 0 Å². The molecule has 3 aromatic carbocycles. The maximum atomic E-state index is 12.9. The van der Waals surface area contributed by atoms with E-state index in [-0.39, 0.29) is 22.4 Å². The van der Waals surface area contributed by atoms with Crippen molar-refractivity contribution in [3.63, 3.8) is 0 Å². The zero-order valence-corrected chi connectivity index (χ0v) is 22.1. The van der Waals surface area contributed by atoms with Crippen LogP contribution in [0.5, 0.6) is 5.75 Å². The molecule has 1 fully saturated rings. The Labute approximate surface area is 221 Å². The van der Waals surface area contributed by atoms with Gasteiger partial charge in [-0.25, -0.2) is 4.79 Å². The SMILES string of the molecule is O=C(Oc1ccc(Br)cc1/C=C1\SC(=O)N(Cc2ccc(I)cc2)C1=O)c1ccc(Cl)cc1. The molecule has 0 spiro atoms. The first kappa shape index (κ1) is 24.0. The first-order valence-electron chi connectivity index (χ1n) is 9.57. The van der Waals surface area contributed by atoms with Crippen molar-refractivity contribution < 1.29 is 19.1 Å². The zero-order valence-electron chi connectivity index (χ0n) is 16.8. The molecule has 0 unspecified atom stereocenters. The standard InChI is InChI=1S/C24H14BrClINO4S/c25-17-5-10-20(32-23(30)15-3-6-18(26)7-4-15)16(11-17)12-21-22(29)28(24(31)33-21)13-14-1-8-19(27)9-2-14/h1-12H,13H2/b21-12-. The summed E-state index contributed by atoms with van der Waals surface area (Å²) in [5.74, 6) is -0.684. The molecule has 5 nitrogen and oxygen atoms in total. The Kier molecular flexibility index (Phi) is 7.58. The van der Waals surface area contributed by atoms with Gasteiger partial charge in [-0.15, -0.1) is 0 Å². The second-order valence-electron chi connectivity index (χ2n) is 6.97. The highest BCUT2D eigenvalue weighted by Crippen LogP contribution is 2.36. The molecule has 1 aliphatic heterocycles. The number of hydrogen-bond acceptors (Lipinski definition) is 5. The molecule has 3 aromatic rings. The fourth-order valence-corrected chi connectivity index (χ4v) is 4.71. The molecule has 4 rings (SSSR count). The summed E-state index contributed by atoms with van der Waals surface area (Å²) < 4.78 is 7.37. The molecule has 2 amide bonds. The van der Waals surface area contributed by atoms with Gasteiger partial charge < -0.3 is 4.74 Å². The molecular weight excluding hydrogens is 641 g/mol. The van der Waals surface area contributed by atoms with Crippen LogP contribution in [-0.2, 0) is 11.3 Å². The van der Waals surface area contributed by atoms with Crippen molar-refractivity contribution in [3.8, 4) is 5.75 Å². The van der Waals surface area contributed by atoms with Gasteiger partial charge in [-0.05, 0) is 101 Å². The summed E-state index contributed by atoms with van der Waals surface area (Å²) in [7, 11) is 0. The molecule has 0 radical (unpaired) electrons. The van der Waals surface area contributed by atoms with E-state index >= 15 is 0 Å². The van der Waals surface area contributed by atoms with Gasteiger partial charge in [0.2, 0.25) is 0 Å². The van der Waals surface area contributed by atoms with Gasteiger partial charge in [-0.3, -0.25) is 14.5 Å². The highest BCUT2D eigenvalue weighted by atomic mass is 127. The summed E-state index contributed by atoms with van der Waals surface area (Å²) in [5.41, 5.74) is 1.69. The second-order valence-corrected chi connectivity index (χ2v) is 10.6. The van der Waals surface area contributed by atoms with Crippen molar-refractivity contribution in [2.24, 2.45) is 0 Å². The summed E-state index contributed by atoms with van der Waals surface area (Å²) in [5, 5.41) is 0.163. The lowest BCUT2D eigenvalue weighted by molar-refractivity contribution is -0.123. The van der Waals surface area contributed by atoms with Crippen LogP contribution in [0.1, 0.15) is 21.5 Å². The number of carbonyl (C=O) groups excluding carboxylic acids is 3. The van der Waals surface area contributed by atoms with E-state index in [1.54, 1.807) is 48.5 Å². The van der Waals surface area contributed by atoms with Gasteiger partial charge in [0.15, 0.2) is 0 Å². The molecule has 166 valence electrons. The smallest absolute Gasteiger partial charge is 0.343 e. The predicted octanol–water partition coefficient (Wildman–Crippen LogP) is 7.16. The molecule has 1 saturated heterocycles. The van der Waals surface area contributed by atoms with Gasteiger partial charge in [0.05, 0.1) is 17.0 Å². The Balaban J connectivity index is 1.58. The first-order valence-corrected chi connectivity index (χ1v) is 12.6. The van der Waals surface area contributed by atoms with Crippen molar-refractivity contribution in [3.05, 3.63) is 101 Å². The number of imide groups is 1. The van der Waals surface area contributed by atoms with Gasteiger partial charge in [0.1, 0.15) is 5.75 Å². The number of hydrogen-bond donors (Lipinski definition) is 0. The van der Waals surface area contributed by atoms with E-state index < -0.39 is 11.9 Å². The molecule has 0 aliphatic carbocycles. The summed E-state index contributed by atoms with van der Waals surface area (Å²) in [4.78, 5) is 39.5. The summed E-state index contributed by atoms with van der Waals surface area (Å²) in [6.07, 6.45) is 1.56. The van der Waals surface area contributed by atoms with Crippen molar-refractivity contribution >= 4 is 85.1 Å². The lowest BCUT2D eigenvalue weighted by Crippen LogP contribution is -2.27. The zero-order chi connectivity index (χ0) is 23.5. The normalized spacial score (nSPS) is 14.8. The number of thioether (sulfide) groups is 1. The maximum Gasteiger partial charge on any atom is 0.343 e. The Bertz CT molecular complexity index is 1280. The van der Waals surface area contributed by atoms with Crippen molar-refractivity contribution in [2.75, 3.05) is 0 Å². The van der Waals surface area contributed by atoms with Gasteiger partial charge in [0, 0.05) is 18.6 Å². The summed E-state index contributed by atoms with van der Waals surface area (Å²) in [6, 6.07) is 19.0. The lowest BCUT2D eigenvalue weighted by Gasteiger charge is -2.12. The van der Waals surface area contributed by atoms with Crippen LogP contribution in [0.3, 0.4) is 0 Å². The summed E-state index contributed by atoms with van der Waals surface area (Å²) >= 11 is 12.3. The second kappa shape index (κ2) is 10.4. The third-order valence-electron chi connectivity index (χ3n) is 4.67. The number of ether oxygens (including phenoxy) is 1. The Morgan fingerprint density at radius 3 is 2.45 bits per heavy atom. The molecule has 0 saturated carbocycles. The van der Waals surface area contributed by atoms with Crippen LogP contribution >= 0.6 is 61.9 Å². The van der Waals surface area contributed by atoms with Crippen molar-refractivity contribution in [1.29, 1.82) is 0 Å². The number of carbonyl (C=O) groups is 3. The van der Waals surface area contributed by atoms with E-state index in [0.29, 0.717) is 16.1 Å². The predicted molar refractivity (Wildman–Crippen MR) is 141 cm³/mol. The Morgan fingerprint density at radius 1 is 1.06 bits per heavy atom. The van der Waals surface area contributed by atoms with E-state index in [1.807, 2.05) is 24.3 Å². The fraction of sp³-hybridized carbons (Fsp3) is 0.0417. The van der Waals surface area contributed by atoms with Crippen LogP contribution in [0, 0.1) is 3.57 Å². The fourth-order valence-electron chi connectivity index (χ4n) is 3.02. The molecule has 0 aromatic heterocycles. The largest absolute Gasteiger partial charge is 0.422 e. The highest BCUT2D eigenvalue weighted by Gasteiger charge is 2.35. The van der Waals surface area contributed by atoms with Gasteiger partial charge in [0.25, 0.3) is 11.1 Å². The number of amides is 2. The van der Waals surface area contributed by atoms with E-state index in [9.17, 15) is 14.4 Å². The van der Waals surface area contributed by atoms with Crippen LogP contribution in [0.4, 0.5) is 4.79 Å². The molecule has 1 heterocycles. The number of benzene rings is 3. The average Bonchev–Trinajstić information content (AvgIpc) is 3.05. The molecule has 9 heteroatoms. The van der Waals surface area contributed by atoms with Crippen LogP contribution in [0.2, 0.25) is 5.02 Å². The number of halogens is 3. The third-order valence-corrected chi connectivity index (χ3v) is 7.04. The Morgan fingerprint density at radius 2 is 1.76 bits per heavy atom. The highest BCUT2D eigenvalue weighted by molar-refractivity contribution is 14.1. The number of nitrogens with zero attached hydrogens (tertiary/aromatic N) is 1. The molecule has 1 aliphatic rings. The minimum absolute atomic E-state index is 0.190. The summed E-state index contributed by atoms with van der Waals surface area (Å²) in [6.45, 7) is 0.190. The maximum absolute atomic E-state index is 12.9. The molecule has 0 N–H and O–H groups in total. The molecular formula is C24H14BrClINO4S. The van der Waals surface area contributed by atoms with E-state index in [0.717, 1.165) is 25.4 Å². The van der Waals surface area contributed by atoms with Crippen LogP contribution in [-0.4, -0.2) is 22.0 Å². The molecule has 0 bridgehead atoms. The van der Waals surface area contributed by atoms with E-state index in [2.05, 4.69) is 38.5 Å². The first-order chi connectivity index (χ1) is 15.8. The van der Waals surface area contributed by atoms with Gasteiger partial charge >= 0.3 is 5.97 Å².